The third-order valence-electron chi connectivity index (χ3n) is 1.50. The lowest BCUT2D eigenvalue weighted by molar-refractivity contribution is 0.927. The van der Waals surface area contributed by atoms with Gasteiger partial charge in [0.05, 0.1) is 11.4 Å². The van der Waals surface area contributed by atoms with Gasteiger partial charge in [-0.15, -0.1) is 0 Å². The molecule has 1 heterocycles. The second-order valence-electron chi connectivity index (χ2n) is 2.43. The zero-order valence-corrected chi connectivity index (χ0v) is 7.18. The van der Waals surface area contributed by atoms with Crippen LogP contribution in [0.4, 0.5) is 0 Å². The van der Waals surface area contributed by atoms with Crippen molar-refractivity contribution in [1.29, 1.82) is 5.41 Å². The Hall–Kier alpha value is -1.58. The Morgan fingerprint density at radius 3 is 2.92 bits per heavy atom. The van der Waals surface area contributed by atoms with E-state index in [0.29, 0.717) is 11.4 Å². The third-order valence-corrected chi connectivity index (χ3v) is 1.50. The van der Waals surface area contributed by atoms with Gasteiger partial charge in [0.15, 0.2) is 0 Å². The molecule has 0 aromatic rings. The van der Waals surface area contributed by atoms with Gasteiger partial charge in [-0.25, -0.2) is 0 Å². The molecule has 4 heteroatoms. The summed E-state index contributed by atoms with van der Waals surface area (Å²) in [6, 6.07) is 0. The van der Waals surface area contributed by atoms with Crippen molar-refractivity contribution in [3.8, 4) is 0 Å². The lowest BCUT2D eigenvalue weighted by atomic mass is 10.2. The fourth-order valence-electron chi connectivity index (χ4n) is 0.790. The van der Waals surface area contributed by atoms with Crippen LogP contribution in [-0.4, -0.2) is 18.5 Å². The summed E-state index contributed by atoms with van der Waals surface area (Å²) in [5, 5.41) is 14.3. The van der Waals surface area contributed by atoms with Crippen LogP contribution < -0.4 is 10.7 Å². The topological polar surface area (TPSA) is 60.3 Å². The van der Waals surface area contributed by atoms with E-state index < -0.39 is 0 Å². The van der Waals surface area contributed by atoms with Crippen molar-refractivity contribution in [2.24, 2.45) is 5.10 Å². The van der Waals surface area contributed by atoms with E-state index in [4.69, 9.17) is 5.41 Å². The minimum absolute atomic E-state index is 0.449. The van der Waals surface area contributed by atoms with Crippen LogP contribution in [-0.2, 0) is 0 Å². The zero-order chi connectivity index (χ0) is 8.97. The molecule has 4 nitrogen and oxygen atoms in total. The number of allylic oxidation sites excluding steroid dienone is 2. The smallest absolute Gasteiger partial charge is 0.104 e. The fourth-order valence-corrected chi connectivity index (χ4v) is 0.790. The second kappa shape index (κ2) is 3.71. The molecule has 12 heavy (non-hydrogen) atoms. The zero-order valence-electron chi connectivity index (χ0n) is 7.18. The number of nitrogens with zero attached hydrogens (tertiary/aromatic N) is 1. The van der Waals surface area contributed by atoms with E-state index in [-0.39, 0.29) is 0 Å². The van der Waals surface area contributed by atoms with Gasteiger partial charge in [-0.1, -0.05) is 0 Å². The highest BCUT2D eigenvalue weighted by atomic mass is 15.3. The number of hydrogen-bond donors (Lipinski definition) is 3. The fraction of sp³-hybridized carbons (Fsp3) is 0.250. The first-order chi connectivity index (χ1) is 5.74. The normalized spacial score (nSPS) is 15.5. The van der Waals surface area contributed by atoms with Gasteiger partial charge in [-0.2, -0.15) is 5.10 Å². The Bertz CT molecular complexity index is 273. The van der Waals surface area contributed by atoms with Crippen LogP contribution in [0.2, 0.25) is 0 Å². The molecule has 0 radical (unpaired) electrons. The molecule has 0 bridgehead atoms. The Morgan fingerprint density at radius 1 is 1.58 bits per heavy atom. The molecule has 1 rings (SSSR count). The summed E-state index contributed by atoms with van der Waals surface area (Å²) in [4.78, 5) is 0. The lowest BCUT2D eigenvalue weighted by Gasteiger charge is -1.95. The Balaban J connectivity index is 2.77. The molecule has 0 fully saturated rings. The molecule has 1 aliphatic heterocycles. The quantitative estimate of drug-likeness (QED) is 0.523. The predicted octanol–water partition coefficient (Wildman–Crippen LogP) is 0.602. The molecule has 0 spiro atoms. The van der Waals surface area contributed by atoms with Crippen LogP contribution >= 0.6 is 0 Å². The van der Waals surface area contributed by atoms with Crippen LogP contribution in [0.25, 0.3) is 0 Å². The van der Waals surface area contributed by atoms with Gasteiger partial charge in [-0.05, 0) is 19.1 Å². The molecule has 0 amide bonds. The first-order valence-electron chi connectivity index (χ1n) is 3.69. The molecule has 0 saturated carbocycles. The van der Waals surface area contributed by atoms with Crippen molar-refractivity contribution in [2.45, 2.75) is 6.92 Å². The van der Waals surface area contributed by atoms with Crippen LogP contribution in [0.3, 0.4) is 0 Å². The van der Waals surface area contributed by atoms with Gasteiger partial charge < -0.3 is 10.7 Å². The SMILES string of the molecule is CNC1=CNN=C(C(C)=N)C=C1. The molecule has 0 unspecified atom stereocenters. The van der Waals surface area contributed by atoms with Gasteiger partial charge in [0.1, 0.15) is 5.71 Å². The molecule has 0 aromatic carbocycles. The summed E-state index contributed by atoms with van der Waals surface area (Å²) in [5.41, 5.74) is 4.78. The third kappa shape index (κ3) is 1.95. The van der Waals surface area contributed by atoms with Crippen molar-refractivity contribution in [2.75, 3.05) is 7.05 Å². The predicted molar refractivity (Wildman–Crippen MR) is 50.3 cm³/mol. The average molecular weight is 164 g/mol. The molecular weight excluding hydrogens is 152 g/mol. The summed E-state index contributed by atoms with van der Waals surface area (Å²) in [5.74, 6) is 0. The van der Waals surface area contributed by atoms with Crippen molar-refractivity contribution in [3.05, 3.63) is 24.0 Å². The molecule has 0 saturated heterocycles. The Kier molecular flexibility index (Phi) is 2.63. The highest BCUT2D eigenvalue weighted by molar-refractivity contribution is 6.44. The number of hydrogen-bond acceptors (Lipinski definition) is 4. The van der Waals surface area contributed by atoms with Crippen molar-refractivity contribution in [3.63, 3.8) is 0 Å². The average Bonchev–Trinajstić information content (AvgIpc) is 2.28. The summed E-state index contributed by atoms with van der Waals surface area (Å²) >= 11 is 0. The molecule has 0 atom stereocenters. The largest absolute Gasteiger partial charge is 0.387 e. The lowest BCUT2D eigenvalue weighted by Crippen LogP contribution is -2.09. The van der Waals surface area contributed by atoms with Crippen molar-refractivity contribution >= 4 is 11.4 Å². The van der Waals surface area contributed by atoms with Crippen LogP contribution in [0.15, 0.2) is 29.2 Å². The van der Waals surface area contributed by atoms with E-state index in [0.717, 1.165) is 5.70 Å². The number of nitrogens with one attached hydrogen (secondary N) is 3. The maximum atomic E-state index is 7.34. The van der Waals surface area contributed by atoms with E-state index >= 15 is 0 Å². The molecule has 1 aliphatic rings. The Labute approximate surface area is 71.6 Å². The first kappa shape index (κ1) is 8.52. The number of likely N-dealkylation sites (N-methyl/N-ethyl adjacent to an activating group) is 1. The van der Waals surface area contributed by atoms with E-state index in [1.54, 1.807) is 19.2 Å². The van der Waals surface area contributed by atoms with Crippen LogP contribution in [0.5, 0.6) is 0 Å². The minimum atomic E-state index is 0.449. The maximum absolute atomic E-state index is 7.34. The highest BCUT2D eigenvalue weighted by Gasteiger charge is 1.99. The maximum Gasteiger partial charge on any atom is 0.104 e. The standard InChI is InChI=1S/C8H12N4/c1-6(9)8-4-3-7(10-2)5-11-12-8/h3-5,9-11H,1-2H3. The number of hydrazone groups is 1. The Morgan fingerprint density at radius 2 is 2.33 bits per heavy atom. The molecular formula is C8H12N4. The summed E-state index contributed by atoms with van der Waals surface area (Å²) in [6.07, 6.45) is 5.41. The van der Waals surface area contributed by atoms with E-state index in [1.165, 1.54) is 0 Å². The second-order valence-corrected chi connectivity index (χ2v) is 2.43. The van der Waals surface area contributed by atoms with E-state index in [1.807, 2.05) is 13.1 Å². The number of rotatable bonds is 2. The van der Waals surface area contributed by atoms with Crippen LogP contribution in [0, 0.1) is 5.41 Å². The highest BCUT2D eigenvalue weighted by Crippen LogP contribution is 1.95. The first-order valence-corrected chi connectivity index (χ1v) is 3.69. The van der Waals surface area contributed by atoms with Crippen molar-refractivity contribution in [1.82, 2.24) is 10.7 Å². The molecule has 3 N–H and O–H groups in total. The summed E-state index contributed by atoms with van der Waals surface area (Å²) in [6.45, 7) is 1.70. The van der Waals surface area contributed by atoms with Gasteiger partial charge in [0, 0.05) is 13.2 Å². The molecule has 64 valence electrons. The van der Waals surface area contributed by atoms with Crippen LogP contribution in [0.1, 0.15) is 6.92 Å². The molecule has 0 aromatic heterocycles. The van der Waals surface area contributed by atoms with Gasteiger partial charge in [-0.3, -0.25) is 5.43 Å². The summed E-state index contributed by atoms with van der Waals surface area (Å²) < 4.78 is 0. The summed E-state index contributed by atoms with van der Waals surface area (Å²) in [7, 11) is 1.83. The monoisotopic (exact) mass is 164 g/mol. The van der Waals surface area contributed by atoms with Crippen molar-refractivity contribution < 1.29 is 0 Å². The van der Waals surface area contributed by atoms with Gasteiger partial charge >= 0.3 is 0 Å². The van der Waals surface area contributed by atoms with E-state index in [2.05, 4.69) is 15.8 Å². The van der Waals surface area contributed by atoms with E-state index in [9.17, 15) is 0 Å². The van der Waals surface area contributed by atoms with Gasteiger partial charge in [0.25, 0.3) is 0 Å². The molecule has 0 aliphatic carbocycles. The van der Waals surface area contributed by atoms with Gasteiger partial charge in [0.2, 0.25) is 0 Å². The minimum Gasteiger partial charge on any atom is -0.387 e.